The standard InChI is InChI=1S/C24H17N5/c1-2-8-17(9-3-1)23-20-11-4-5-13-22(20)27-24(28-23)29-26-16-18-10-6-14-21-19(18)12-7-15-25-21/h1-16H,(H,27,28,29)/b26-16+. The van der Waals surface area contributed by atoms with Crippen molar-refractivity contribution < 1.29 is 0 Å². The van der Waals surface area contributed by atoms with E-state index in [0.717, 1.165) is 38.6 Å². The highest BCUT2D eigenvalue weighted by atomic mass is 15.3. The van der Waals surface area contributed by atoms with E-state index in [0.29, 0.717) is 5.95 Å². The fraction of sp³-hybridized carbons (Fsp3) is 0. The first-order valence-corrected chi connectivity index (χ1v) is 9.33. The lowest BCUT2D eigenvalue weighted by atomic mass is 10.1. The fourth-order valence-corrected chi connectivity index (χ4v) is 3.34. The van der Waals surface area contributed by atoms with Crippen molar-refractivity contribution in [3.05, 3.63) is 96.7 Å². The molecule has 0 aliphatic rings. The fourth-order valence-electron chi connectivity index (χ4n) is 3.34. The molecule has 29 heavy (non-hydrogen) atoms. The molecule has 2 aromatic heterocycles. The highest BCUT2D eigenvalue weighted by molar-refractivity contribution is 5.98. The highest BCUT2D eigenvalue weighted by Gasteiger charge is 2.09. The summed E-state index contributed by atoms with van der Waals surface area (Å²) in [6.07, 6.45) is 3.56. The van der Waals surface area contributed by atoms with Crippen LogP contribution in [0, 0.1) is 0 Å². The van der Waals surface area contributed by atoms with Crippen LogP contribution in [-0.2, 0) is 0 Å². The maximum Gasteiger partial charge on any atom is 0.244 e. The zero-order valence-corrected chi connectivity index (χ0v) is 15.5. The second-order valence-electron chi connectivity index (χ2n) is 6.57. The van der Waals surface area contributed by atoms with Crippen molar-refractivity contribution in [3.63, 3.8) is 0 Å². The van der Waals surface area contributed by atoms with Gasteiger partial charge in [-0.05, 0) is 18.2 Å². The summed E-state index contributed by atoms with van der Waals surface area (Å²) in [6.45, 7) is 0. The molecule has 0 radical (unpaired) electrons. The van der Waals surface area contributed by atoms with Gasteiger partial charge in [0.05, 0.1) is 22.9 Å². The summed E-state index contributed by atoms with van der Waals surface area (Å²) in [5.41, 5.74) is 7.69. The number of hydrazone groups is 1. The number of benzene rings is 3. The van der Waals surface area contributed by atoms with Gasteiger partial charge in [0.2, 0.25) is 5.95 Å². The van der Waals surface area contributed by atoms with E-state index in [9.17, 15) is 0 Å². The average molecular weight is 375 g/mol. The summed E-state index contributed by atoms with van der Waals surface area (Å²) in [7, 11) is 0. The van der Waals surface area contributed by atoms with Crippen molar-refractivity contribution in [1.82, 2.24) is 15.0 Å². The summed E-state index contributed by atoms with van der Waals surface area (Å²) in [5.74, 6) is 0.456. The van der Waals surface area contributed by atoms with Crippen LogP contribution in [0.15, 0.2) is 96.2 Å². The van der Waals surface area contributed by atoms with Crippen LogP contribution in [0.4, 0.5) is 5.95 Å². The minimum absolute atomic E-state index is 0.456. The summed E-state index contributed by atoms with van der Waals surface area (Å²) in [5, 5.41) is 6.43. The number of hydrogen-bond acceptors (Lipinski definition) is 5. The third-order valence-corrected chi connectivity index (χ3v) is 4.70. The molecule has 0 saturated carbocycles. The summed E-state index contributed by atoms with van der Waals surface area (Å²) in [4.78, 5) is 13.7. The van der Waals surface area contributed by atoms with Crippen LogP contribution in [-0.4, -0.2) is 21.2 Å². The Kier molecular flexibility index (Phi) is 4.39. The molecule has 0 fully saturated rings. The predicted octanol–water partition coefficient (Wildman–Crippen LogP) is 5.29. The number of nitrogens with zero attached hydrogens (tertiary/aromatic N) is 4. The van der Waals surface area contributed by atoms with Crippen LogP contribution in [0.3, 0.4) is 0 Å². The molecular weight excluding hydrogens is 358 g/mol. The quantitative estimate of drug-likeness (QED) is 0.342. The molecule has 0 aliphatic heterocycles. The first kappa shape index (κ1) is 17.0. The number of fused-ring (bicyclic) bond motifs is 2. The van der Waals surface area contributed by atoms with Gasteiger partial charge in [0.1, 0.15) is 0 Å². The van der Waals surface area contributed by atoms with E-state index in [1.54, 1.807) is 12.4 Å². The molecule has 0 bridgehead atoms. The molecule has 0 amide bonds. The number of anilines is 1. The molecule has 5 nitrogen and oxygen atoms in total. The van der Waals surface area contributed by atoms with Crippen LogP contribution >= 0.6 is 0 Å². The lowest BCUT2D eigenvalue weighted by Gasteiger charge is -2.08. The third kappa shape index (κ3) is 3.41. The van der Waals surface area contributed by atoms with E-state index in [1.807, 2.05) is 84.9 Å². The molecule has 0 unspecified atom stereocenters. The summed E-state index contributed by atoms with van der Waals surface area (Å²) < 4.78 is 0. The van der Waals surface area contributed by atoms with Gasteiger partial charge in [0.15, 0.2) is 0 Å². The van der Waals surface area contributed by atoms with Crippen molar-refractivity contribution in [1.29, 1.82) is 0 Å². The molecule has 138 valence electrons. The maximum atomic E-state index is 4.72. The molecule has 2 heterocycles. The second-order valence-corrected chi connectivity index (χ2v) is 6.57. The lowest BCUT2D eigenvalue weighted by Crippen LogP contribution is -2.00. The van der Waals surface area contributed by atoms with Gasteiger partial charge in [-0.25, -0.2) is 15.4 Å². The highest BCUT2D eigenvalue weighted by Crippen LogP contribution is 2.27. The maximum absolute atomic E-state index is 4.72. The van der Waals surface area contributed by atoms with Crippen molar-refractivity contribution >= 4 is 34.0 Å². The molecule has 5 aromatic rings. The smallest absolute Gasteiger partial charge is 0.244 e. The van der Waals surface area contributed by atoms with E-state index in [2.05, 4.69) is 20.5 Å². The van der Waals surface area contributed by atoms with Gasteiger partial charge in [-0.1, -0.05) is 66.7 Å². The minimum atomic E-state index is 0.456. The number of hydrogen-bond donors (Lipinski definition) is 1. The Balaban J connectivity index is 1.52. The summed E-state index contributed by atoms with van der Waals surface area (Å²) >= 11 is 0. The number of aromatic nitrogens is 3. The topological polar surface area (TPSA) is 63.1 Å². The van der Waals surface area contributed by atoms with Gasteiger partial charge >= 0.3 is 0 Å². The van der Waals surface area contributed by atoms with Crippen LogP contribution in [0.2, 0.25) is 0 Å². The molecule has 3 aromatic carbocycles. The molecule has 5 rings (SSSR count). The molecule has 0 aliphatic carbocycles. The lowest BCUT2D eigenvalue weighted by molar-refractivity contribution is 1.16. The second kappa shape index (κ2) is 7.48. The van der Waals surface area contributed by atoms with Gasteiger partial charge in [0.25, 0.3) is 0 Å². The first-order chi connectivity index (χ1) is 14.4. The number of pyridine rings is 1. The van der Waals surface area contributed by atoms with E-state index in [-0.39, 0.29) is 0 Å². The van der Waals surface area contributed by atoms with E-state index < -0.39 is 0 Å². The molecule has 0 spiro atoms. The largest absolute Gasteiger partial charge is 0.256 e. The van der Waals surface area contributed by atoms with Crippen molar-refractivity contribution in [2.75, 3.05) is 5.43 Å². The molecule has 1 N–H and O–H groups in total. The monoisotopic (exact) mass is 375 g/mol. The number of rotatable bonds is 4. The summed E-state index contributed by atoms with van der Waals surface area (Å²) in [6, 6.07) is 28.0. The van der Waals surface area contributed by atoms with Crippen LogP contribution < -0.4 is 5.43 Å². The normalized spacial score (nSPS) is 11.3. The Labute approximate surface area is 167 Å². The van der Waals surface area contributed by atoms with Crippen LogP contribution in [0.5, 0.6) is 0 Å². The Hall–Kier alpha value is -4.12. The predicted molar refractivity (Wildman–Crippen MR) is 118 cm³/mol. The Bertz CT molecular complexity index is 1320. The van der Waals surface area contributed by atoms with Gasteiger partial charge in [-0.15, -0.1) is 0 Å². The molecule has 0 atom stereocenters. The third-order valence-electron chi connectivity index (χ3n) is 4.70. The van der Waals surface area contributed by atoms with Gasteiger partial charge in [-0.2, -0.15) is 5.10 Å². The zero-order valence-electron chi connectivity index (χ0n) is 15.5. The van der Waals surface area contributed by atoms with Gasteiger partial charge in [0, 0.05) is 28.1 Å². The van der Waals surface area contributed by atoms with Crippen molar-refractivity contribution in [3.8, 4) is 11.3 Å². The number of para-hydroxylation sites is 1. The van der Waals surface area contributed by atoms with Gasteiger partial charge in [-0.3, -0.25) is 4.98 Å². The Morgan fingerprint density at radius 3 is 2.41 bits per heavy atom. The van der Waals surface area contributed by atoms with E-state index in [4.69, 9.17) is 4.98 Å². The molecule has 0 saturated heterocycles. The van der Waals surface area contributed by atoms with Gasteiger partial charge < -0.3 is 0 Å². The van der Waals surface area contributed by atoms with E-state index >= 15 is 0 Å². The zero-order chi connectivity index (χ0) is 19.5. The Morgan fingerprint density at radius 2 is 1.48 bits per heavy atom. The SMILES string of the molecule is C(=N\Nc1nc(-c2ccccc2)c2ccccc2n1)/c1cccc2ncccc12. The van der Waals surface area contributed by atoms with Crippen LogP contribution in [0.25, 0.3) is 33.1 Å². The Morgan fingerprint density at radius 1 is 0.690 bits per heavy atom. The average Bonchev–Trinajstić information content (AvgIpc) is 2.79. The van der Waals surface area contributed by atoms with E-state index in [1.165, 1.54) is 0 Å². The first-order valence-electron chi connectivity index (χ1n) is 9.33. The molecular formula is C24H17N5. The minimum Gasteiger partial charge on any atom is -0.256 e. The molecule has 5 heteroatoms. The number of nitrogens with one attached hydrogen (secondary N) is 1. The van der Waals surface area contributed by atoms with Crippen molar-refractivity contribution in [2.45, 2.75) is 0 Å². The van der Waals surface area contributed by atoms with Crippen LogP contribution in [0.1, 0.15) is 5.56 Å². The van der Waals surface area contributed by atoms with Crippen molar-refractivity contribution in [2.24, 2.45) is 5.10 Å².